The number of amides is 1. The Morgan fingerprint density at radius 2 is 1.57 bits per heavy atom. The van der Waals surface area contributed by atoms with Crippen LogP contribution >= 0.6 is 0 Å². The van der Waals surface area contributed by atoms with Crippen molar-refractivity contribution in [2.75, 3.05) is 13.2 Å². The number of carbonyl (C=O) groups excluding carboxylic acids is 1. The fourth-order valence-corrected chi connectivity index (χ4v) is 5.05. The van der Waals surface area contributed by atoms with Gasteiger partial charge in [0.05, 0.1) is 12.1 Å². The number of carbonyl (C=O) groups is 1. The zero-order valence-electron chi connectivity index (χ0n) is 21.9. The van der Waals surface area contributed by atoms with Crippen molar-refractivity contribution in [3.63, 3.8) is 0 Å². The Labute approximate surface area is 210 Å². The Kier molecular flexibility index (Phi) is 10.5. The van der Waals surface area contributed by atoms with Crippen molar-refractivity contribution >= 4 is 5.91 Å². The molecule has 35 heavy (non-hydrogen) atoms. The highest BCUT2D eigenvalue weighted by Crippen LogP contribution is 2.45. The topological polar surface area (TPSA) is 66.0 Å². The summed E-state index contributed by atoms with van der Waals surface area (Å²) in [7, 11) is 0. The molecule has 0 unspecified atom stereocenters. The molecule has 6 nitrogen and oxygen atoms in total. The van der Waals surface area contributed by atoms with Gasteiger partial charge in [-0.05, 0) is 51.5 Å². The second-order valence-electron chi connectivity index (χ2n) is 10.4. The van der Waals surface area contributed by atoms with E-state index in [1.165, 1.54) is 75.6 Å². The molecule has 2 fully saturated rings. The van der Waals surface area contributed by atoms with Crippen LogP contribution in [-0.2, 0) is 18.9 Å². The lowest BCUT2D eigenvalue weighted by molar-refractivity contribution is -0.274. The molecule has 3 rings (SSSR count). The minimum Gasteiger partial charge on any atom is -0.376 e. The molecule has 2 heterocycles. The van der Waals surface area contributed by atoms with Gasteiger partial charge in [0.1, 0.15) is 18.5 Å². The lowest BCUT2D eigenvalue weighted by Crippen LogP contribution is -2.50. The van der Waals surface area contributed by atoms with Gasteiger partial charge in [-0.1, -0.05) is 64.7 Å². The molecule has 7 heteroatoms. The molecular formula is C28H44FNO5. The Balaban J connectivity index is 1.43. The SMILES string of the molecule is CCCCCCCCCCCCOC[C@@]12O[C@@H](C)[C@@H](NC(=O)c3ccc(F)cc3)[C@@H]1OC(C)(C)O2. The molecule has 198 valence electrons. The Hall–Kier alpha value is -1.54. The van der Waals surface area contributed by atoms with E-state index in [0.29, 0.717) is 12.2 Å². The standard InChI is InChI=1S/C28H44FNO5/c1-5-6-7-8-9-10-11-12-13-14-19-32-20-28-25(34-27(3,4)35-28)24(21(2)33-28)30-26(31)22-15-17-23(29)18-16-22/h15-18,21,24-25H,5-14,19-20H2,1-4H3,(H,30,31)/t21-,24+,25-,28-/m0/s1. The first-order valence-corrected chi connectivity index (χ1v) is 13.5. The number of benzene rings is 1. The third-order valence-corrected chi connectivity index (χ3v) is 6.83. The van der Waals surface area contributed by atoms with Crippen molar-refractivity contribution in [1.29, 1.82) is 0 Å². The van der Waals surface area contributed by atoms with Crippen LogP contribution in [-0.4, -0.2) is 48.9 Å². The van der Waals surface area contributed by atoms with Gasteiger partial charge in [0.15, 0.2) is 5.79 Å². The van der Waals surface area contributed by atoms with Crippen LogP contribution in [0, 0.1) is 5.82 Å². The third kappa shape index (κ3) is 7.97. The van der Waals surface area contributed by atoms with Gasteiger partial charge in [-0.2, -0.15) is 0 Å². The molecule has 0 radical (unpaired) electrons. The summed E-state index contributed by atoms with van der Waals surface area (Å²) < 4.78 is 37.8. The summed E-state index contributed by atoms with van der Waals surface area (Å²) >= 11 is 0. The summed E-state index contributed by atoms with van der Waals surface area (Å²) in [4.78, 5) is 12.8. The highest BCUT2D eigenvalue weighted by molar-refractivity contribution is 5.94. The minimum absolute atomic E-state index is 0.242. The number of fused-ring (bicyclic) bond motifs is 1. The van der Waals surface area contributed by atoms with Crippen LogP contribution in [0.25, 0.3) is 0 Å². The number of hydrogen-bond donors (Lipinski definition) is 1. The first kappa shape index (κ1) is 28.0. The monoisotopic (exact) mass is 493 g/mol. The first-order valence-electron chi connectivity index (χ1n) is 13.5. The summed E-state index contributed by atoms with van der Waals surface area (Å²) in [6.07, 6.45) is 11.9. The minimum atomic E-state index is -1.07. The van der Waals surface area contributed by atoms with E-state index in [4.69, 9.17) is 18.9 Å². The molecule has 4 atom stereocenters. The van der Waals surface area contributed by atoms with Crippen LogP contribution in [0.3, 0.4) is 0 Å². The van der Waals surface area contributed by atoms with Crippen molar-refractivity contribution < 1.29 is 28.1 Å². The molecule has 0 aliphatic carbocycles. The van der Waals surface area contributed by atoms with Crippen LogP contribution in [0.2, 0.25) is 0 Å². The van der Waals surface area contributed by atoms with E-state index >= 15 is 0 Å². The smallest absolute Gasteiger partial charge is 0.251 e. The van der Waals surface area contributed by atoms with Gasteiger partial charge in [-0.25, -0.2) is 4.39 Å². The van der Waals surface area contributed by atoms with E-state index < -0.39 is 23.7 Å². The molecule has 2 aliphatic heterocycles. The lowest BCUT2D eigenvalue weighted by Gasteiger charge is -2.28. The summed E-state index contributed by atoms with van der Waals surface area (Å²) in [5.41, 5.74) is 0.381. The molecule has 0 saturated carbocycles. The largest absolute Gasteiger partial charge is 0.376 e. The summed E-state index contributed by atoms with van der Waals surface area (Å²) in [5, 5.41) is 3.00. The Bertz CT molecular complexity index is 786. The average Bonchev–Trinajstić information content (AvgIpc) is 3.20. The zero-order valence-corrected chi connectivity index (χ0v) is 21.9. The summed E-state index contributed by atoms with van der Waals surface area (Å²) in [6.45, 7) is 8.69. The van der Waals surface area contributed by atoms with Gasteiger partial charge in [0.25, 0.3) is 5.91 Å². The predicted molar refractivity (Wildman–Crippen MR) is 134 cm³/mol. The molecule has 0 bridgehead atoms. The van der Waals surface area contributed by atoms with Crippen molar-refractivity contribution in [2.24, 2.45) is 0 Å². The van der Waals surface area contributed by atoms with E-state index in [1.807, 2.05) is 20.8 Å². The van der Waals surface area contributed by atoms with Crippen molar-refractivity contribution in [2.45, 2.75) is 122 Å². The quantitative estimate of drug-likeness (QED) is 0.298. The fraction of sp³-hybridized carbons (Fsp3) is 0.750. The van der Waals surface area contributed by atoms with E-state index in [9.17, 15) is 9.18 Å². The van der Waals surface area contributed by atoms with Gasteiger partial charge < -0.3 is 24.3 Å². The van der Waals surface area contributed by atoms with Crippen molar-refractivity contribution in [3.8, 4) is 0 Å². The maximum Gasteiger partial charge on any atom is 0.251 e. The molecule has 0 spiro atoms. The van der Waals surface area contributed by atoms with Crippen LogP contribution in [0.15, 0.2) is 24.3 Å². The number of nitrogens with one attached hydrogen (secondary N) is 1. The van der Waals surface area contributed by atoms with E-state index in [2.05, 4.69) is 12.2 Å². The number of ether oxygens (including phenoxy) is 4. The molecule has 1 amide bonds. The number of rotatable bonds is 15. The first-order chi connectivity index (χ1) is 16.8. The van der Waals surface area contributed by atoms with Crippen molar-refractivity contribution in [3.05, 3.63) is 35.6 Å². The van der Waals surface area contributed by atoms with Crippen LogP contribution in [0.5, 0.6) is 0 Å². The predicted octanol–water partition coefficient (Wildman–Crippen LogP) is 6.13. The molecule has 1 aromatic rings. The molecule has 0 aromatic heterocycles. The van der Waals surface area contributed by atoms with Crippen LogP contribution < -0.4 is 5.32 Å². The highest BCUT2D eigenvalue weighted by Gasteiger charge is 2.64. The second kappa shape index (κ2) is 13.1. The molecule has 1 aromatic carbocycles. The van der Waals surface area contributed by atoms with E-state index in [1.54, 1.807) is 0 Å². The number of halogens is 1. The zero-order chi connectivity index (χ0) is 25.3. The molecule has 2 saturated heterocycles. The van der Waals surface area contributed by atoms with Crippen LogP contribution in [0.4, 0.5) is 4.39 Å². The fourth-order valence-electron chi connectivity index (χ4n) is 5.05. The van der Waals surface area contributed by atoms with E-state index in [-0.39, 0.29) is 24.4 Å². The van der Waals surface area contributed by atoms with Gasteiger partial charge in [0.2, 0.25) is 5.79 Å². The third-order valence-electron chi connectivity index (χ3n) is 6.83. The van der Waals surface area contributed by atoms with Gasteiger partial charge in [-0.3, -0.25) is 4.79 Å². The Morgan fingerprint density at radius 3 is 2.20 bits per heavy atom. The number of unbranched alkanes of at least 4 members (excludes halogenated alkanes) is 9. The normalized spacial score (nSPS) is 27.2. The molecule has 1 N–H and O–H groups in total. The summed E-state index contributed by atoms with van der Waals surface area (Å²) in [6, 6.07) is 5.05. The average molecular weight is 494 g/mol. The highest BCUT2D eigenvalue weighted by atomic mass is 19.1. The van der Waals surface area contributed by atoms with Crippen molar-refractivity contribution in [1.82, 2.24) is 5.32 Å². The molecular weight excluding hydrogens is 449 g/mol. The maximum absolute atomic E-state index is 13.2. The summed E-state index contributed by atoms with van der Waals surface area (Å²) in [5.74, 6) is -2.61. The van der Waals surface area contributed by atoms with Gasteiger partial charge in [-0.15, -0.1) is 0 Å². The van der Waals surface area contributed by atoms with Crippen LogP contribution in [0.1, 0.15) is 102 Å². The second-order valence-corrected chi connectivity index (χ2v) is 10.4. The van der Waals surface area contributed by atoms with Gasteiger partial charge in [0, 0.05) is 12.2 Å². The molecule has 2 aliphatic rings. The number of hydrogen-bond acceptors (Lipinski definition) is 5. The van der Waals surface area contributed by atoms with E-state index in [0.717, 1.165) is 12.8 Å². The lowest BCUT2D eigenvalue weighted by atomic mass is 10.0. The maximum atomic E-state index is 13.2. The Morgan fingerprint density at radius 1 is 0.971 bits per heavy atom. The van der Waals surface area contributed by atoms with Gasteiger partial charge >= 0.3 is 0 Å².